The topological polar surface area (TPSA) is 38.7 Å². The van der Waals surface area contributed by atoms with Gasteiger partial charge in [-0.3, -0.25) is 4.98 Å². The summed E-state index contributed by atoms with van der Waals surface area (Å²) in [6.07, 6.45) is 9.66. The number of aromatic nitrogens is 3. The van der Waals surface area contributed by atoms with Crippen LogP contribution in [0, 0.1) is 6.92 Å². The fourth-order valence-corrected chi connectivity index (χ4v) is 6.87. The van der Waals surface area contributed by atoms with Gasteiger partial charge in [0, 0.05) is 34.7 Å². The lowest BCUT2D eigenvalue weighted by molar-refractivity contribution is 1.15. The number of hydrogen-bond acceptors (Lipinski definition) is 3. The van der Waals surface area contributed by atoms with E-state index in [9.17, 15) is 0 Å². The highest BCUT2D eigenvalue weighted by Crippen LogP contribution is 2.40. The Hall–Kier alpha value is -6.19. The summed E-state index contributed by atoms with van der Waals surface area (Å²) in [5, 5.41) is 7.74. The summed E-state index contributed by atoms with van der Waals surface area (Å²) in [6.45, 7) is 8.29. The summed E-state index contributed by atoms with van der Waals surface area (Å²) in [4.78, 5) is 14.7. The summed E-state index contributed by atoms with van der Waals surface area (Å²) in [5.41, 5.74) is 10.1. The lowest BCUT2D eigenvalue weighted by Crippen LogP contribution is -2.00. The minimum absolute atomic E-state index is 0.688. The highest BCUT2D eigenvalue weighted by atomic mass is 14.9. The highest BCUT2D eigenvalue weighted by molar-refractivity contribution is 6.25. The quantitative estimate of drug-likeness (QED) is 0.132. The molecule has 3 nitrogen and oxygen atoms in total. The Morgan fingerprint density at radius 2 is 1.38 bits per heavy atom. The molecule has 0 saturated heterocycles. The van der Waals surface area contributed by atoms with E-state index in [1.54, 1.807) is 6.20 Å². The summed E-state index contributed by atoms with van der Waals surface area (Å²) < 4.78 is 0. The standard InChI is InChI=1S/C45H33N3/c1-4-10-39(36(5-2)35-14-9-26-46-28-35)42-27-41(47-45(48-42)37-15-7-6-11-29(37)3)31-18-16-30(17-19-31)38-24-22-34-21-20-32-12-8-13-33-23-25-40(38)44(34)43(32)33/h4-28H,2H2,1,3H3/b10-4-,39-36-. The smallest absolute Gasteiger partial charge is 0.160 e. The summed E-state index contributed by atoms with van der Waals surface area (Å²) >= 11 is 0. The van der Waals surface area contributed by atoms with Crippen LogP contribution in [-0.2, 0) is 0 Å². The molecule has 6 aromatic carbocycles. The lowest BCUT2D eigenvalue weighted by atomic mass is 9.89. The average molecular weight is 616 g/mol. The first-order chi connectivity index (χ1) is 23.6. The third-order valence-corrected chi connectivity index (χ3v) is 9.21. The molecule has 0 spiro atoms. The number of allylic oxidation sites excluding steroid dienone is 5. The van der Waals surface area contributed by atoms with Crippen molar-refractivity contribution in [3.8, 4) is 33.8 Å². The van der Waals surface area contributed by atoms with Gasteiger partial charge in [0.25, 0.3) is 0 Å². The van der Waals surface area contributed by atoms with Gasteiger partial charge in [-0.05, 0) is 80.6 Å². The number of aryl methyl sites for hydroxylation is 1. The van der Waals surface area contributed by atoms with Crippen molar-refractivity contribution in [2.75, 3.05) is 0 Å². The van der Waals surface area contributed by atoms with E-state index in [-0.39, 0.29) is 0 Å². The molecule has 0 radical (unpaired) electrons. The molecule has 0 atom stereocenters. The first-order valence-electron chi connectivity index (χ1n) is 16.3. The fraction of sp³-hybridized carbons (Fsp3) is 0.0444. The second-order valence-corrected chi connectivity index (χ2v) is 12.1. The molecule has 228 valence electrons. The first-order valence-corrected chi connectivity index (χ1v) is 16.3. The predicted octanol–water partition coefficient (Wildman–Crippen LogP) is 11.8. The predicted molar refractivity (Wildman–Crippen MR) is 203 cm³/mol. The third kappa shape index (κ3) is 5.06. The van der Waals surface area contributed by atoms with Crippen molar-refractivity contribution in [1.82, 2.24) is 15.0 Å². The molecule has 2 aromatic heterocycles. The Morgan fingerprint density at radius 3 is 2.10 bits per heavy atom. The molecule has 0 saturated carbocycles. The first kappa shape index (κ1) is 29.2. The van der Waals surface area contributed by atoms with Crippen LogP contribution < -0.4 is 0 Å². The van der Waals surface area contributed by atoms with E-state index < -0.39 is 0 Å². The molecule has 0 aliphatic rings. The van der Waals surface area contributed by atoms with Crippen molar-refractivity contribution in [2.45, 2.75) is 13.8 Å². The SMILES string of the molecule is C=C/C(=C(\C=C/C)c1cc(-c2ccc(-c3ccc4ccc5cccc6ccc3c4c56)cc2)nc(-c2ccccc2C)n1)c1cccnc1. The molecule has 0 aliphatic heterocycles. The van der Waals surface area contributed by atoms with Gasteiger partial charge in [0.05, 0.1) is 11.4 Å². The summed E-state index contributed by atoms with van der Waals surface area (Å²) in [5.74, 6) is 0.688. The number of pyridine rings is 1. The number of rotatable bonds is 7. The molecule has 0 bridgehead atoms. The van der Waals surface area contributed by atoms with Crippen molar-refractivity contribution in [1.29, 1.82) is 0 Å². The van der Waals surface area contributed by atoms with Gasteiger partial charge >= 0.3 is 0 Å². The minimum Gasteiger partial charge on any atom is -0.264 e. The normalized spacial score (nSPS) is 12.3. The van der Waals surface area contributed by atoms with Crippen LogP contribution in [0.4, 0.5) is 0 Å². The van der Waals surface area contributed by atoms with E-state index in [4.69, 9.17) is 9.97 Å². The molecule has 48 heavy (non-hydrogen) atoms. The maximum atomic E-state index is 5.15. The molecule has 0 fully saturated rings. The molecule has 8 rings (SSSR count). The molecular weight excluding hydrogens is 583 g/mol. The van der Waals surface area contributed by atoms with Gasteiger partial charge in [-0.25, -0.2) is 9.97 Å². The Kier molecular flexibility index (Phi) is 7.43. The molecule has 2 heterocycles. The van der Waals surface area contributed by atoms with E-state index in [2.05, 4.69) is 128 Å². The van der Waals surface area contributed by atoms with Crippen molar-refractivity contribution >= 4 is 43.5 Å². The fourth-order valence-electron chi connectivity index (χ4n) is 6.87. The van der Waals surface area contributed by atoms with Crippen LogP contribution in [0.15, 0.2) is 159 Å². The minimum atomic E-state index is 0.688. The molecule has 0 unspecified atom stereocenters. The molecule has 8 aromatic rings. The van der Waals surface area contributed by atoms with Gasteiger partial charge in [0.2, 0.25) is 0 Å². The van der Waals surface area contributed by atoms with Crippen LogP contribution in [0.1, 0.15) is 23.7 Å². The van der Waals surface area contributed by atoms with Crippen LogP contribution >= 0.6 is 0 Å². The van der Waals surface area contributed by atoms with Gasteiger partial charge in [0.1, 0.15) is 0 Å². The van der Waals surface area contributed by atoms with E-state index in [0.717, 1.165) is 44.8 Å². The van der Waals surface area contributed by atoms with Gasteiger partial charge in [-0.2, -0.15) is 0 Å². The van der Waals surface area contributed by atoms with Gasteiger partial charge < -0.3 is 0 Å². The third-order valence-electron chi connectivity index (χ3n) is 9.21. The maximum absolute atomic E-state index is 5.15. The maximum Gasteiger partial charge on any atom is 0.160 e. The second-order valence-electron chi connectivity index (χ2n) is 12.1. The second kappa shape index (κ2) is 12.2. The van der Waals surface area contributed by atoms with Crippen molar-refractivity contribution in [3.63, 3.8) is 0 Å². The summed E-state index contributed by atoms with van der Waals surface area (Å²) in [7, 11) is 0. The Balaban J connectivity index is 1.29. The van der Waals surface area contributed by atoms with Crippen LogP contribution in [0.5, 0.6) is 0 Å². The van der Waals surface area contributed by atoms with Gasteiger partial charge in [0.15, 0.2) is 5.82 Å². The number of benzene rings is 6. The average Bonchev–Trinajstić information content (AvgIpc) is 3.14. The molecule has 0 amide bonds. The van der Waals surface area contributed by atoms with Crippen molar-refractivity contribution in [2.24, 2.45) is 0 Å². The van der Waals surface area contributed by atoms with Crippen LogP contribution in [0.2, 0.25) is 0 Å². The zero-order valence-corrected chi connectivity index (χ0v) is 27.0. The van der Waals surface area contributed by atoms with Crippen LogP contribution in [-0.4, -0.2) is 15.0 Å². The largest absolute Gasteiger partial charge is 0.264 e. The zero-order valence-electron chi connectivity index (χ0n) is 27.0. The molecule has 0 N–H and O–H groups in total. The monoisotopic (exact) mass is 615 g/mol. The Morgan fingerprint density at radius 1 is 0.646 bits per heavy atom. The van der Waals surface area contributed by atoms with E-state index in [0.29, 0.717) is 5.82 Å². The Bertz CT molecular complexity index is 2510. The lowest BCUT2D eigenvalue weighted by Gasteiger charge is -2.15. The Labute approximate surface area is 280 Å². The van der Waals surface area contributed by atoms with E-state index in [1.165, 1.54) is 43.4 Å². The highest BCUT2D eigenvalue weighted by Gasteiger charge is 2.16. The number of hydrogen-bond donors (Lipinski definition) is 0. The number of nitrogens with zero attached hydrogens (tertiary/aromatic N) is 3. The van der Waals surface area contributed by atoms with Gasteiger partial charge in [-0.15, -0.1) is 0 Å². The van der Waals surface area contributed by atoms with Crippen LogP contribution in [0.25, 0.3) is 77.2 Å². The summed E-state index contributed by atoms with van der Waals surface area (Å²) in [6, 6.07) is 43.2. The van der Waals surface area contributed by atoms with E-state index >= 15 is 0 Å². The zero-order chi connectivity index (χ0) is 32.6. The van der Waals surface area contributed by atoms with Crippen LogP contribution in [0.3, 0.4) is 0 Å². The van der Waals surface area contributed by atoms with Crippen molar-refractivity contribution < 1.29 is 0 Å². The molecule has 3 heteroatoms. The van der Waals surface area contributed by atoms with Gasteiger partial charge in [-0.1, -0.05) is 134 Å². The van der Waals surface area contributed by atoms with Crippen molar-refractivity contribution in [3.05, 3.63) is 175 Å². The van der Waals surface area contributed by atoms with E-state index in [1.807, 2.05) is 43.5 Å². The molecule has 0 aliphatic carbocycles. The molecular formula is C45H33N3.